The molecule has 0 aliphatic carbocycles. The monoisotopic (exact) mass is 398 g/mol. The molecule has 1 aliphatic heterocycles. The number of ketones is 1. The fourth-order valence-electron chi connectivity index (χ4n) is 2.61. The summed E-state index contributed by atoms with van der Waals surface area (Å²) in [5.74, 6) is 0.292. The lowest BCUT2D eigenvalue weighted by atomic mass is 10.1. The molecule has 0 saturated carbocycles. The SMILES string of the molecule is O=C(COC(=O)c1ccc(COc2ccc(F)cc2)o1)c1ccc2c(c1)OCO2. The number of carbonyl (C=O) groups is 2. The zero-order valence-corrected chi connectivity index (χ0v) is 15.1. The Labute approximate surface area is 164 Å². The van der Waals surface area contributed by atoms with E-state index in [2.05, 4.69) is 0 Å². The van der Waals surface area contributed by atoms with Crippen molar-refractivity contribution in [1.29, 1.82) is 0 Å². The Hall–Kier alpha value is -3.81. The highest BCUT2D eigenvalue weighted by Gasteiger charge is 2.19. The van der Waals surface area contributed by atoms with Gasteiger partial charge in [0.2, 0.25) is 12.6 Å². The van der Waals surface area contributed by atoms with Crippen LogP contribution in [0.15, 0.2) is 59.0 Å². The van der Waals surface area contributed by atoms with Crippen LogP contribution in [-0.4, -0.2) is 25.2 Å². The first-order valence-corrected chi connectivity index (χ1v) is 8.65. The zero-order chi connectivity index (χ0) is 20.2. The van der Waals surface area contributed by atoms with Crippen LogP contribution in [0.4, 0.5) is 4.39 Å². The molecule has 0 spiro atoms. The highest BCUT2D eigenvalue weighted by atomic mass is 19.1. The number of carbonyl (C=O) groups excluding carboxylic acids is 2. The summed E-state index contributed by atoms with van der Waals surface area (Å²) in [6.07, 6.45) is 0. The van der Waals surface area contributed by atoms with Crippen LogP contribution in [0.5, 0.6) is 17.2 Å². The lowest BCUT2D eigenvalue weighted by molar-refractivity contribution is 0.0440. The van der Waals surface area contributed by atoms with Gasteiger partial charge >= 0.3 is 5.97 Å². The Bertz CT molecular complexity index is 1040. The molecule has 0 amide bonds. The van der Waals surface area contributed by atoms with E-state index in [9.17, 15) is 14.0 Å². The third kappa shape index (κ3) is 4.37. The number of halogens is 1. The van der Waals surface area contributed by atoms with Crippen molar-refractivity contribution in [2.45, 2.75) is 6.61 Å². The number of hydrogen-bond donors (Lipinski definition) is 0. The molecule has 0 unspecified atom stereocenters. The summed E-state index contributed by atoms with van der Waals surface area (Å²) in [5, 5.41) is 0. The van der Waals surface area contributed by atoms with Gasteiger partial charge in [-0.2, -0.15) is 0 Å². The second-order valence-corrected chi connectivity index (χ2v) is 6.08. The highest BCUT2D eigenvalue weighted by molar-refractivity contribution is 5.99. The number of hydrogen-bond acceptors (Lipinski definition) is 7. The van der Waals surface area contributed by atoms with Crippen molar-refractivity contribution < 1.29 is 37.3 Å². The van der Waals surface area contributed by atoms with Crippen LogP contribution in [0, 0.1) is 5.82 Å². The van der Waals surface area contributed by atoms with Crippen molar-refractivity contribution in [1.82, 2.24) is 0 Å². The van der Waals surface area contributed by atoms with E-state index in [0.717, 1.165) is 0 Å². The number of ether oxygens (including phenoxy) is 4. The van der Waals surface area contributed by atoms with Crippen LogP contribution in [0.1, 0.15) is 26.7 Å². The molecule has 2 aromatic carbocycles. The molecule has 1 aliphatic rings. The summed E-state index contributed by atoms with van der Waals surface area (Å²) in [7, 11) is 0. The minimum atomic E-state index is -0.771. The van der Waals surface area contributed by atoms with Gasteiger partial charge in [0.15, 0.2) is 23.9 Å². The van der Waals surface area contributed by atoms with E-state index >= 15 is 0 Å². The van der Waals surface area contributed by atoms with E-state index < -0.39 is 12.6 Å². The van der Waals surface area contributed by atoms with Crippen molar-refractivity contribution in [2.24, 2.45) is 0 Å². The normalized spacial score (nSPS) is 11.9. The Morgan fingerprint density at radius 3 is 2.59 bits per heavy atom. The summed E-state index contributed by atoms with van der Waals surface area (Å²) in [4.78, 5) is 24.3. The zero-order valence-electron chi connectivity index (χ0n) is 15.1. The summed E-state index contributed by atoms with van der Waals surface area (Å²) >= 11 is 0. The van der Waals surface area contributed by atoms with Gasteiger partial charge in [-0.15, -0.1) is 0 Å². The second kappa shape index (κ2) is 8.05. The molecule has 0 radical (unpaired) electrons. The summed E-state index contributed by atoms with van der Waals surface area (Å²) in [6, 6.07) is 13.2. The number of Topliss-reactive ketones (excluding diaryl/α,β-unsaturated/α-hetero) is 1. The van der Waals surface area contributed by atoms with Gasteiger partial charge < -0.3 is 23.4 Å². The predicted octanol–water partition coefficient (Wildman–Crippen LogP) is 3.77. The molecule has 0 saturated heterocycles. The molecule has 2 heterocycles. The van der Waals surface area contributed by atoms with Crippen LogP contribution in [0.3, 0.4) is 0 Å². The first kappa shape index (κ1) is 18.5. The molecule has 4 rings (SSSR count). The fraction of sp³-hybridized carbons (Fsp3) is 0.143. The average molecular weight is 398 g/mol. The lowest BCUT2D eigenvalue weighted by Crippen LogP contribution is -2.13. The van der Waals surface area contributed by atoms with Crippen LogP contribution < -0.4 is 14.2 Å². The minimum Gasteiger partial charge on any atom is -0.486 e. The van der Waals surface area contributed by atoms with Crippen LogP contribution >= 0.6 is 0 Å². The first-order valence-electron chi connectivity index (χ1n) is 8.65. The van der Waals surface area contributed by atoms with E-state index in [4.69, 9.17) is 23.4 Å². The predicted molar refractivity (Wildman–Crippen MR) is 96.6 cm³/mol. The lowest BCUT2D eigenvalue weighted by Gasteiger charge is -2.05. The number of esters is 1. The minimum absolute atomic E-state index is 0.0506. The van der Waals surface area contributed by atoms with E-state index in [1.165, 1.54) is 36.4 Å². The van der Waals surface area contributed by atoms with Gasteiger partial charge in [-0.1, -0.05) is 0 Å². The molecule has 3 aromatic rings. The quantitative estimate of drug-likeness (QED) is 0.442. The van der Waals surface area contributed by atoms with Gasteiger partial charge in [-0.05, 0) is 54.6 Å². The molecule has 7 nitrogen and oxygen atoms in total. The average Bonchev–Trinajstić information content (AvgIpc) is 3.40. The van der Waals surface area contributed by atoms with Crippen molar-refractivity contribution in [3.63, 3.8) is 0 Å². The van der Waals surface area contributed by atoms with E-state index in [1.807, 2.05) is 0 Å². The molecule has 0 N–H and O–H groups in total. The Morgan fingerprint density at radius 1 is 0.966 bits per heavy atom. The van der Waals surface area contributed by atoms with Gasteiger partial charge in [-0.25, -0.2) is 9.18 Å². The Kier molecular flexibility index (Phi) is 5.15. The summed E-state index contributed by atoms with van der Waals surface area (Å²) in [6.45, 7) is -0.288. The van der Waals surface area contributed by atoms with Crippen molar-refractivity contribution in [3.05, 3.63) is 77.5 Å². The number of benzene rings is 2. The smallest absolute Gasteiger partial charge is 0.374 e. The Morgan fingerprint density at radius 2 is 1.76 bits per heavy atom. The number of rotatable bonds is 7. The summed E-state index contributed by atoms with van der Waals surface area (Å²) < 4.78 is 39.1. The van der Waals surface area contributed by atoms with Gasteiger partial charge in [0.25, 0.3) is 0 Å². The maximum Gasteiger partial charge on any atom is 0.374 e. The molecule has 29 heavy (non-hydrogen) atoms. The molecule has 8 heteroatoms. The van der Waals surface area contributed by atoms with E-state index in [0.29, 0.717) is 28.6 Å². The molecule has 148 valence electrons. The molecular weight excluding hydrogens is 383 g/mol. The molecule has 0 bridgehead atoms. The molecule has 1 aromatic heterocycles. The van der Waals surface area contributed by atoms with Gasteiger partial charge in [0.05, 0.1) is 0 Å². The van der Waals surface area contributed by atoms with Crippen molar-refractivity contribution in [3.8, 4) is 17.2 Å². The van der Waals surface area contributed by atoms with Crippen molar-refractivity contribution in [2.75, 3.05) is 13.4 Å². The molecular formula is C21H15FO7. The maximum absolute atomic E-state index is 12.9. The van der Waals surface area contributed by atoms with Gasteiger partial charge in [0.1, 0.15) is 23.9 Å². The van der Waals surface area contributed by atoms with Crippen molar-refractivity contribution >= 4 is 11.8 Å². The van der Waals surface area contributed by atoms with Gasteiger partial charge in [-0.3, -0.25) is 4.79 Å². The molecule has 0 atom stereocenters. The third-order valence-corrected chi connectivity index (χ3v) is 4.09. The van der Waals surface area contributed by atoms with Gasteiger partial charge in [0, 0.05) is 5.56 Å². The molecule has 0 fully saturated rings. The van der Waals surface area contributed by atoms with Crippen LogP contribution in [0.2, 0.25) is 0 Å². The topological polar surface area (TPSA) is 84.2 Å². The Balaban J connectivity index is 1.29. The van der Waals surface area contributed by atoms with Crippen LogP contribution in [0.25, 0.3) is 0 Å². The van der Waals surface area contributed by atoms with E-state index in [1.54, 1.807) is 18.2 Å². The van der Waals surface area contributed by atoms with E-state index in [-0.39, 0.29) is 30.8 Å². The van der Waals surface area contributed by atoms with Crippen LogP contribution in [-0.2, 0) is 11.3 Å². The maximum atomic E-state index is 12.9. The largest absolute Gasteiger partial charge is 0.486 e. The first-order chi connectivity index (χ1) is 14.1. The third-order valence-electron chi connectivity index (χ3n) is 4.09. The highest BCUT2D eigenvalue weighted by Crippen LogP contribution is 2.32. The summed E-state index contributed by atoms with van der Waals surface area (Å²) in [5.41, 5.74) is 0.342. The number of furan rings is 1. The second-order valence-electron chi connectivity index (χ2n) is 6.08. The number of fused-ring (bicyclic) bond motifs is 1. The standard InChI is InChI=1S/C21H15FO7/c22-14-2-4-15(5-3-14)25-10-16-6-8-19(29-16)21(24)26-11-17(23)13-1-7-18-20(9-13)28-12-27-18/h1-9H,10-12H2. The fourth-order valence-corrected chi connectivity index (χ4v) is 2.61.